The summed E-state index contributed by atoms with van der Waals surface area (Å²) in [5.74, 6) is 1.67. The number of rotatable bonds is 9. The molecule has 196 valence electrons. The topological polar surface area (TPSA) is 74.1 Å². The van der Waals surface area contributed by atoms with Crippen molar-refractivity contribution in [3.05, 3.63) is 46.1 Å². The first-order chi connectivity index (χ1) is 17.9. The van der Waals surface area contributed by atoms with Crippen molar-refractivity contribution in [3.8, 4) is 23.3 Å². The van der Waals surface area contributed by atoms with Crippen LogP contribution in [0.25, 0.3) is 10.9 Å². The van der Waals surface area contributed by atoms with Gasteiger partial charge in [-0.1, -0.05) is 23.2 Å². The molecule has 4 rings (SSSR count). The highest BCUT2D eigenvalue weighted by Crippen LogP contribution is 2.43. The number of nitrogens with zero attached hydrogens (tertiary/aromatic N) is 5. The number of aromatic nitrogens is 1. The predicted octanol–water partition coefficient (Wildman–Crippen LogP) is 5.21. The molecule has 8 nitrogen and oxygen atoms in total. The smallest absolute Gasteiger partial charge is 0.163 e. The van der Waals surface area contributed by atoms with Crippen molar-refractivity contribution in [2.24, 2.45) is 0 Å². The number of likely N-dealkylation sites (N-methyl/N-ethyl adjacent to an activating group) is 1. The molecule has 2 aromatic carbocycles. The van der Waals surface area contributed by atoms with Gasteiger partial charge in [-0.25, -0.2) is 0 Å². The molecule has 2 heterocycles. The Morgan fingerprint density at radius 3 is 2.41 bits per heavy atom. The number of piperazine rings is 1. The summed E-state index contributed by atoms with van der Waals surface area (Å²) in [5, 5.41) is 11.4. The third-order valence-electron chi connectivity index (χ3n) is 6.64. The lowest BCUT2D eigenvalue weighted by Crippen LogP contribution is -2.44. The molecule has 10 heteroatoms. The monoisotopic (exact) mass is 543 g/mol. The summed E-state index contributed by atoms with van der Waals surface area (Å²) < 4.78 is 17.2. The Balaban J connectivity index is 1.62. The van der Waals surface area contributed by atoms with Crippen molar-refractivity contribution in [1.29, 1.82) is 5.26 Å². The Morgan fingerprint density at radius 1 is 1.00 bits per heavy atom. The molecule has 1 fully saturated rings. The van der Waals surface area contributed by atoms with Crippen molar-refractivity contribution in [1.82, 2.24) is 14.8 Å². The van der Waals surface area contributed by atoms with E-state index in [1.165, 1.54) is 0 Å². The van der Waals surface area contributed by atoms with Gasteiger partial charge < -0.3 is 28.9 Å². The van der Waals surface area contributed by atoms with E-state index in [1.807, 2.05) is 24.1 Å². The van der Waals surface area contributed by atoms with Gasteiger partial charge in [0.25, 0.3) is 0 Å². The molecule has 0 N–H and O–H groups in total. The van der Waals surface area contributed by atoms with Gasteiger partial charge >= 0.3 is 0 Å². The minimum absolute atomic E-state index is 0.392. The molecule has 0 bridgehead atoms. The van der Waals surface area contributed by atoms with Gasteiger partial charge in [0.05, 0.1) is 53.3 Å². The van der Waals surface area contributed by atoms with E-state index in [4.69, 9.17) is 37.4 Å². The molecule has 0 atom stereocenters. The molecule has 37 heavy (non-hydrogen) atoms. The molecule has 0 amide bonds. The highest BCUT2D eigenvalue weighted by atomic mass is 35.5. The van der Waals surface area contributed by atoms with Crippen LogP contribution in [0.5, 0.6) is 17.2 Å². The minimum atomic E-state index is 0.392. The first kappa shape index (κ1) is 27.1. The third-order valence-corrected chi connectivity index (χ3v) is 7.23. The fourth-order valence-corrected chi connectivity index (χ4v) is 5.08. The highest BCUT2D eigenvalue weighted by molar-refractivity contribution is 6.37. The van der Waals surface area contributed by atoms with Crippen LogP contribution in [0.1, 0.15) is 12.0 Å². The van der Waals surface area contributed by atoms with Gasteiger partial charge in [-0.2, -0.15) is 5.26 Å². The summed E-state index contributed by atoms with van der Waals surface area (Å²) in [5.41, 5.74) is 2.34. The summed E-state index contributed by atoms with van der Waals surface area (Å²) in [6.07, 6.45) is 2.47. The van der Waals surface area contributed by atoms with E-state index in [-0.39, 0.29) is 0 Å². The maximum absolute atomic E-state index is 9.88. The minimum Gasteiger partial charge on any atom is -0.495 e. The van der Waals surface area contributed by atoms with Crippen molar-refractivity contribution >= 4 is 45.5 Å². The zero-order valence-electron chi connectivity index (χ0n) is 21.6. The molecular weight excluding hydrogens is 513 g/mol. The van der Waals surface area contributed by atoms with Gasteiger partial charge in [-0.3, -0.25) is 4.98 Å². The Bertz CT molecular complexity index is 1310. The molecule has 0 unspecified atom stereocenters. The number of fused-ring (bicyclic) bond motifs is 1. The largest absolute Gasteiger partial charge is 0.495 e. The molecule has 0 saturated carbocycles. The molecule has 1 aliphatic heterocycles. The average Bonchev–Trinajstić information content (AvgIpc) is 2.90. The van der Waals surface area contributed by atoms with Crippen LogP contribution in [0, 0.1) is 11.3 Å². The first-order valence-corrected chi connectivity index (χ1v) is 12.8. The molecule has 1 aliphatic rings. The van der Waals surface area contributed by atoms with Gasteiger partial charge in [-0.05, 0) is 25.6 Å². The summed E-state index contributed by atoms with van der Waals surface area (Å²) >= 11 is 12.8. The number of nitriles is 1. The van der Waals surface area contributed by atoms with E-state index in [9.17, 15) is 5.26 Å². The second-order valence-electron chi connectivity index (χ2n) is 9.00. The average molecular weight is 544 g/mol. The van der Waals surface area contributed by atoms with Crippen molar-refractivity contribution in [2.75, 3.05) is 72.5 Å². The van der Waals surface area contributed by atoms with Gasteiger partial charge in [0, 0.05) is 63.5 Å². The van der Waals surface area contributed by atoms with Crippen LogP contribution < -0.4 is 19.1 Å². The zero-order valence-corrected chi connectivity index (χ0v) is 23.1. The Kier molecular flexibility index (Phi) is 8.83. The molecule has 1 aromatic heterocycles. The van der Waals surface area contributed by atoms with Crippen LogP contribution in [0.4, 0.5) is 11.4 Å². The van der Waals surface area contributed by atoms with Crippen LogP contribution in [-0.4, -0.2) is 82.4 Å². The molecule has 0 aliphatic carbocycles. The fraction of sp³-hybridized carbons (Fsp3) is 0.407. The van der Waals surface area contributed by atoms with E-state index in [0.717, 1.165) is 44.5 Å². The van der Waals surface area contributed by atoms with E-state index in [2.05, 4.69) is 27.9 Å². The summed E-state index contributed by atoms with van der Waals surface area (Å²) in [4.78, 5) is 11.2. The van der Waals surface area contributed by atoms with Crippen molar-refractivity contribution < 1.29 is 14.2 Å². The van der Waals surface area contributed by atoms with E-state index < -0.39 is 0 Å². The molecule has 1 saturated heterocycles. The standard InChI is InChI=1S/C27H31Cl2N5O3/c1-32-7-9-34(10-8-32)6-5-11-37-26-14-22-19(12-25(26)36-4)27(18(16-30)17-31-22)33(2)23-15-24(35-3)21(29)13-20(23)28/h12-15,17H,5-11H2,1-4H3. The van der Waals surface area contributed by atoms with Crippen LogP contribution in [0.15, 0.2) is 30.5 Å². The van der Waals surface area contributed by atoms with Crippen molar-refractivity contribution in [2.45, 2.75) is 6.42 Å². The van der Waals surface area contributed by atoms with E-state index in [1.54, 1.807) is 32.5 Å². The van der Waals surface area contributed by atoms with Crippen molar-refractivity contribution in [3.63, 3.8) is 0 Å². The summed E-state index contributed by atoms with van der Waals surface area (Å²) in [6, 6.07) is 9.31. The van der Waals surface area contributed by atoms with E-state index >= 15 is 0 Å². The van der Waals surface area contributed by atoms with Crippen LogP contribution in [-0.2, 0) is 0 Å². The second kappa shape index (κ2) is 12.1. The third kappa shape index (κ3) is 5.97. The molecule has 0 spiro atoms. The Hall–Kier alpha value is -2.96. The maximum Gasteiger partial charge on any atom is 0.163 e. The summed E-state index contributed by atoms with van der Waals surface area (Å²) in [6.45, 7) is 5.92. The predicted molar refractivity (Wildman–Crippen MR) is 148 cm³/mol. The number of ether oxygens (including phenoxy) is 3. The zero-order chi connectivity index (χ0) is 26.5. The maximum atomic E-state index is 9.88. The first-order valence-electron chi connectivity index (χ1n) is 12.1. The van der Waals surface area contributed by atoms with Gasteiger partial charge in [0.1, 0.15) is 11.8 Å². The van der Waals surface area contributed by atoms with Crippen LogP contribution >= 0.6 is 23.2 Å². The lowest BCUT2D eigenvalue weighted by Gasteiger charge is -2.32. The summed E-state index contributed by atoms with van der Waals surface area (Å²) in [7, 11) is 7.13. The van der Waals surface area contributed by atoms with Gasteiger partial charge in [0.2, 0.25) is 0 Å². The Labute approximate surface area is 227 Å². The van der Waals surface area contributed by atoms with Crippen LogP contribution in [0.3, 0.4) is 0 Å². The van der Waals surface area contributed by atoms with Gasteiger partial charge in [-0.15, -0.1) is 0 Å². The number of anilines is 2. The lowest BCUT2D eigenvalue weighted by atomic mass is 10.1. The van der Waals surface area contributed by atoms with E-state index in [0.29, 0.717) is 56.4 Å². The SMILES string of the molecule is COc1cc(N(C)c2c(C#N)cnc3cc(OCCCN4CCN(C)CC4)c(OC)cc23)c(Cl)cc1Cl. The normalized spacial score (nSPS) is 14.4. The molecule has 0 radical (unpaired) electrons. The second-order valence-corrected chi connectivity index (χ2v) is 9.81. The van der Waals surface area contributed by atoms with Crippen LogP contribution in [0.2, 0.25) is 10.0 Å². The number of benzene rings is 2. The molecule has 3 aromatic rings. The number of hydrogen-bond acceptors (Lipinski definition) is 8. The number of methoxy groups -OCH3 is 2. The van der Waals surface area contributed by atoms with Gasteiger partial charge in [0.15, 0.2) is 11.5 Å². The highest BCUT2D eigenvalue weighted by Gasteiger charge is 2.21. The number of halogens is 2. The number of pyridine rings is 1. The fourth-order valence-electron chi connectivity index (χ4n) is 4.50. The quantitative estimate of drug-likeness (QED) is 0.340. The molecular formula is C27H31Cl2N5O3. The number of hydrogen-bond donors (Lipinski definition) is 0. The lowest BCUT2D eigenvalue weighted by molar-refractivity contribution is 0.145. The Morgan fingerprint density at radius 2 is 1.73 bits per heavy atom.